The van der Waals surface area contributed by atoms with Gasteiger partial charge in [0.15, 0.2) is 5.76 Å². The molecule has 1 saturated heterocycles. The molecule has 4 rings (SSSR count). The van der Waals surface area contributed by atoms with Crippen LogP contribution in [0.1, 0.15) is 19.3 Å². The Bertz CT molecular complexity index is 1010. The number of thiophene rings is 1. The lowest BCUT2D eigenvalue weighted by Crippen LogP contribution is -2.49. The van der Waals surface area contributed by atoms with Crippen LogP contribution in [0.25, 0.3) is 11.7 Å². The van der Waals surface area contributed by atoms with Crippen molar-refractivity contribution in [2.24, 2.45) is 0 Å². The van der Waals surface area contributed by atoms with Gasteiger partial charge in [0.05, 0.1) is 6.26 Å². The maximum Gasteiger partial charge on any atom is 0.322 e. The van der Waals surface area contributed by atoms with Crippen LogP contribution in [-0.4, -0.2) is 41.4 Å². The van der Waals surface area contributed by atoms with Crippen molar-refractivity contribution >= 4 is 33.3 Å². The molecule has 27 heavy (non-hydrogen) atoms. The van der Waals surface area contributed by atoms with Crippen molar-refractivity contribution in [3.8, 4) is 11.7 Å². The van der Waals surface area contributed by atoms with E-state index in [1.165, 1.54) is 16.6 Å². The molecule has 1 aliphatic rings. The van der Waals surface area contributed by atoms with E-state index >= 15 is 0 Å². The highest BCUT2D eigenvalue weighted by Gasteiger charge is 2.38. The average Bonchev–Trinajstić information content (AvgIpc) is 3.42. The molecular formula is C16H16N4O5S2. The van der Waals surface area contributed by atoms with E-state index in [1.54, 1.807) is 23.6 Å². The van der Waals surface area contributed by atoms with Crippen LogP contribution in [0.5, 0.6) is 0 Å². The van der Waals surface area contributed by atoms with Gasteiger partial charge in [0.1, 0.15) is 10.3 Å². The molecule has 0 saturated carbocycles. The third-order valence-electron chi connectivity index (χ3n) is 4.20. The number of anilines is 1. The lowest BCUT2D eigenvalue weighted by Gasteiger charge is -2.32. The molecule has 0 spiro atoms. The molecule has 0 bridgehead atoms. The van der Waals surface area contributed by atoms with Crippen LogP contribution in [0.2, 0.25) is 0 Å². The minimum atomic E-state index is -3.73. The number of rotatable bonds is 5. The maximum absolute atomic E-state index is 12.9. The first-order chi connectivity index (χ1) is 13.1. The lowest BCUT2D eigenvalue weighted by molar-refractivity contribution is -0.120. The third kappa shape index (κ3) is 3.53. The second kappa shape index (κ2) is 7.25. The molecule has 3 aromatic heterocycles. The summed E-state index contributed by atoms with van der Waals surface area (Å²) in [4.78, 5) is 12.7. The lowest BCUT2D eigenvalue weighted by atomic mass is 10.0. The zero-order valence-corrected chi connectivity index (χ0v) is 15.7. The number of nitrogens with one attached hydrogen (secondary N) is 1. The predicted molar refractivity (Wildman–Crippen MR) is 96.5 cm³/mol. The highest BCUT2D eigenvalue weighted by Crippen LogP contribution is 2.28. The van der Waals surface area contributed by atoms with Crippen molar-refractivity contribution in [3.63, 3.8) is 0 Å². The van der Waals surface area contributed by atoms with Gasteiger partial charge in [-0.25, -0.2) is 8.42 Å². The zero-order valence-electron chi connectivity index (χ0n) is 14.1. The highest BCUT2D eigenvalue weighted by molar-refractivity contribution is 7.91. The Morgan fingerprint density at radius 1 is 1.26 bits per heavy atom. The van der Waals surface area contributed by atoms with Gasteiger partial charge in [-0.3, -0.25) is 10.1 Å². The molecule has 11 heteroatoms. The van der Waals surface area contributed by atoms with Crippen LogP contribution in [-0.2, 0) is 14.8 Å². The van der Waals surface area contributed by atoms with Crippen LogP contribution in [0, 0.1) is 0 Å². The number of nitrogens with zero attached hydrogens (tertiary/aromatic N) is 3. The van der Waals surface area contributed by atoms with Crippen LogP contribution < -0.4 is 5.32 Å². The summed E-state index contributed by atoms with van der Waals surface area (Å²) < 4.78 is 37.7. The molecule has 1 unspecified atom stereocenters. The highest BCUT2D eigenvalue weighted by atomic mass is 32.2. The number of hydrogen-bond acceptors (Lipinski definition) is 8. The van der Waals surface area contributed by atoms with E-state index in [0.29, 0.717) is 25.1 Å². The van der Waals surface area contributed by atoms with Crippen LogP contribution in [0.3, 0.4) is 0 Å². The van der Waals surface area contributed by atoms with Crippen molar-refractivity contribution in [1.29, 1.82) is 0 Å². The zero-order chi connectivity index (χ0) is 18.9. The van der Waals surface area contributed by atoms with Gasteiger partial charge in [-0.2, -0.15) is 4.31 Å². The summed E-state index contributed by atoms with van der Waals surface area (Å²) in [6, 6.07) is 5.60. The number of amides is 1. The van der Waals surface area contributed by atoms with Gasteiger partial charge >= 0.3 is 6.01 Å². The molecular weight excluding hydrogens is 392 g/mol. The Kier molecular flexibility index (Phi) is 4.81. The molecule has 9 nitrogen and oxygen atoms in total. The molecule has 1 N–H and O–H groups in total. The normalized spacial score (nSPS) is 18.4. The quantitative estimate of drug-likeness (QED) is 0.689. The van der Waals surface area contributed by atoms with E-state index in [1.807, 2.05) is 0 Å². The Morgan fingerprint density at radius 3 is 2.89 bits per heavy atom. The molecule has 142 valence electrons. The number of carbonyl (C=O) groups is 1. The van der Waals surface area contributed by atoms with E-state index in [0.717, 1.165) is 17.8 Å². The Morgan fingerprint density at radius 2 is 2.15 bits per heavy atom. The number of carbonyl (C=O) groups excluding carboxylic acids is 1. The third-order valence-corrected chi connectivity index (χ3v) is 7.48. The van der Waals surface area contributed by atoms with Gasteiger partial charge in [0, 0.05) is 6.54 Å². The first kappa shape index (κ1) is 17.9. The first-order valence-corrected chi connectivity index (χ1v) is 10.6. The second-order valence-electron chi connectivity index (χ2n) is 5.94. The molecule has 4 heterocycles. The van der Waals surface area contributed by atoms with E-state index in [-0.39, 0.29) is 16.1 Å². The molecule has 0 radical (unpaired) electrons. The van der Waals surface area contributed by atoms with Gasteiger partial charge in [-0.1, -0.05) is 17.6 Å². The second-order valence-corrected chi connectivity index (χ2v) is 9.00. The Balaban J connectivity index is 1.53. The number of sulfonamides is 1. The fraction of sp³-hybridized carbons (Fsp3) is 0.312. The minimum absolute atomic E-state index is 0.106. The van der Waals surface area contributed by atoms with Crippen molar-refractivity contribution < 1.29 is 22.0 Å². The van der Waals surface area contributed by atoms with Gasteiger partial charge in [-0.05, 0) is 36.4 Å². The van der Waals surface area contributed by atoms with Crippen molar-refractivity contribution in [3.05, 3.63) is 35.9 Å². The van der Waals surface area contributed by atoms with Crippen molar-refractivity contribution in [2.45, 2.75) is 29.5 Å². The summed E-state index contributed by atoms with van der Waals surface area (Å²) in [5.74, 6) is 0.00838. The summed E-state index contributed by atoms with van der Waals surface area (Å²) >= 11 is 1.13. The topological polar surface area (TPSA) is 119 Å². The largest absolute Gasteiger partial charge is 0.459 e. The fourth-order valence-corrected chi connectivity index (χ4v) is 5.72. The van der Waals surface area contributed by atoms with E-state index < -0.39 is 22.0 Å². The molecule has 1 fully saturated rings. The summed E-state index contributed by atoms with van der Waals surface area (Å²) in [7, 11) is -3.73. The molecule has 1 aliphatic heterocycles. The predicted octanol–water partition coefficient (Wildman–Crippen LogP) is 2.57. The number of aromatic nitrogens is 2. The molecule has 1 atom stereocenters. The number of furan rings is 1. The summed E-state index contributed by atoms with van der Waals surface area (Å²) in [5, 5.41) is 11.8. The van der Waals surface area contributed by atoms with Crippen LogP contribution in [0.4, 0.5) is 6.01 Å². The van der Waals surface area contributed by atoms with Crippen LogP contribution in [0.15, 0.2) is 49.0 Å². The monoisotopic (exact) mass is 408 g/mol. The maximum atomic E-state index is 12.9. The van der Waals surface area contributed by atoms with Crippen molar-refractivity contribution in [1.82, 2.24) is 14.5 Å². The molecule has 0 aliphatic carbocycles. The summed E-state index contributed by atoms with van der Waals surface area (Å²) in [6.45, 7) is 0.291. The van der Waals surface area contributed by atoms with Gasteiger partial charge < -0.3 is 8.83 Å². The molecule has 3 aromatic rings. The molecule has 1 amide bonds. The average molecular weight is 408 g/mol. The van der Waals surface area contributed by atoms with Crippen molar-refractivity contribution in [2.75, 3.05) is 11.9 Å². The first-order valence-electron chi connectivity index (χ1n) is 8.29. The number of piperidine rings is 1. The van der Waals surface area contributed by atoms with Gasteiger partial charge in [-0.15, -0.1) is 16.4 Å². The Hall–Kier alpha value is -2.50. The smallest absolute Gasteiger partial charge is 0.322 e. The Labute approximate surface area is 159 Å². The summed E-state index contributed by atoms with van der Waals surface area (Å²) in [5.41, 5.74) is 0. The van der Waals surface area contributed by atoms with E-state index in [4.69, 9.17) is 8.83 Å². The SMILES string of the molecule is O=C(Nc1nnc(-c2ccco2)o1)C1CCCCN1S(=O)(=O)c1cccs1. The molecule has 0 aromatic carbocycles. The van der Waals surface area contributed by atoms with Crippen LogP contribution >= 0.6 is 11.3 Å². The van der Waals surface area contributed by atoms with E-state index in [2.05, 4.69) is 15.5 Å². The minimum Gasteiger partial charge on any atom is -0.459 e. The standard InChI is InChI=1S/C16H16N4O5S2/c21-14(17-16-19-18-15(25-16)12-6-3-9-24-12)11-5-1-2-8-20(11)27(22,23)13-7-4-10-26-13/h3-4,6-7,9-11H,1-2,5,8H2,(H,17,19,21). The summed E-state index contributed by atoms with van der Waals surface area (Å²) in [6.07, 6.45) is 3.36. The van der Waals surface area contributed by atoms with Gasteiger partial charge in [0.25, 0.3) is 15.9 Å². The fourth-order valence-electron chi connectivity index (χ4n) is 2.94. The van der Waals surface area contributed by atoms with Gasteiger partial charge in [0.2, 0.25) is 5.91 Å². The number of hydrogen-bond donors (Lipinski definition) is 1. The van der Waals surface area contributed by atoms with E-state index in [9.17, 15) is 13.2 Å².